The van der Waals surface area contributed by atoms with Gasteiger partial charge in [0.25, 0.3) is 11.9 Å². The van der Waals surface area contributed by atoms with Gasteiger partial charge in [-0.15, -0.1) is 0 Å². The SMILES string of the molecule is CC1(C)OC(=O)C(OCC2=CCC3CC2C3(C)C)C(=O)O1. The van der Waals surface area contributed by atoms with Crippen LogP contribution < -0.4 is 0 Å². The van der Waals surface area contributed by atoms with Gasteiger partial charge in [0.2, 0.25) is 0 Å². The van der Waals surface area contributed by atoms with Crippen LogP contribution in [0, 0.1) is 17.3 Å². The lowest BCUT2D eigenvalue weighted by Gasteiger charge is -2.56. The Morgan fingerprint density at radius 1 is 1.19 bits per heavy atom. The number of carbonyl (C=O) groups is 2. The normalized spacial score (nSPS) is 33.6. The number of carbonyl (C=O) groups excluding carboxylic acids is 2. The van der Waals surface area contributed by atoms with E-state index >= 15 is 0 Å². The molecule has 3 aliphatic carbocycles. The standard InChI is InChI=1S/C16H22O5/c1-15(2)10-6-5-9(11(15)7-10)8-19-12-13(17)20-16(3,4)21-14(12)18/h5,10-12H,6-8H2,1-4H3. The van der Waals surface area contributed by atoms with Crippen LogP contribution in [0.1, 0.15) is 40.5 Å². The lowest BCUT2D eigenvalue weighted by Crippen LogP contribution is -2.52. The molecule has 0 aromatic rings. The molecule has 0 N–H and O–H groups in total. The molecule has 0 aromatic heterocycles. The minimum Gasteiger partial charge on any atom is -0.421 e. The molecule has 5 nitrogen and oxygen atoms in total. The molecule has 2 atom stereocenters. The van der Waals surface area contributed by atoms with E-state index in [0.29, 0.717) is 11.3 Å². The fraction of sp³-hybridized carbons (Fsp3) is 0.750. The number of hydrogen-bond acceptors (Lipinski definition) is 5. The van der Waals surface area contributed by atoms with Crippen LogP contribution in [0.15, 0.2) is 11.6 Å². The number of hydrogen-bond donors (Lipinski definition) is 0. The van der Waals surface area contributed by atoms with Crippen molar-refractivity contribution in [3.63, 3.8) is 0 Å². The van der Waals surface area contributed by atoms with E-state index in [-0.39, 0.29) is 6.61 Å². The Morgan fingerprint density at radius 2 is 1.81 bits per heavy atom. The van der Waals surface area contributed by atoms with Crippen LogP contribution in [-0.2, 0) is 23.8 Å². The summed E-state index contributed by atoms with van der Waals surface area (Å²) in [4.78, 5) is 23.7. The van der Waals surface area contributed by atoms with Crippen molar-refractivity contribution in [1.29, 1.82) is 0 Å². The molecule has 0 amide bonds. The summed E-state index contributed by atoms with van der Waals surface area (Å²) in [6, 6.07) is 0. The Balaban J connectivity index is 1.62. The summed E-state index contributed by atoms with van der Waals surface area (Å²) in [5.41, 5.74) is 1.48. The van der Waals surface area contributed by atoms with Crippen molar-refractivity contribution in [2.24, 2.45) is 17.3 Å². The van der Waals surface area contributed by atoms with Gasteiger partial charge in [0, 0.05) is 13.8 Å². The molecule has 5 heteroatoms. The number of fused-ring (bicyclic) bond motifs is 1. The van der Waals surface area contributed by atoms with Crippen molar-refractivity contribution in [1.82, 2.24) is 0 Å². The van der Waals surface area contributed by atoms with Crippen molar-refractivity contribution in [2.75, 3.05) is 6.61 Å². The summed E-state index contributed by atoms with van der Waals surface area (Å²) >= 11 is 0. The molecule has 1 saturated heterocycles. The van der Waals surface area contributed by atoms with E-state index in [2.05, 4.69) is 19.9 Å². The van der Waals surface area contributed by atoms with Gasteiger partial charge >= 0.3 is 11.9 Å². The summed E-state index contributed by atoms with van der Waals surface area (Å²) in [6.45, 7) is 7.88. The van der Waals surface area contributed by atoms with Gasteiger partial charge in [-0.05, 0) is 35.7 Å². The molecule has 1 aliphatic heterocycles. The van der Waals surface area contributed by atoms with Crippen LogP contribution in [-0.4, -0.2) is 30.4 Å². The van der Waals surface area contributed by atoms with E-state index in [9.17, 15) is 9.59 Å². The molecule has 21 heavy (non-hydrogen) atoms. The Morgan fingerprint density at radius 3 is 2.33 bits per heavy atom. The summed E-state index contributed by atoms with van der Waals surface area (Å²) < 4.78 is 15.6. The highest BCUT2D eigenvalue weighted by Crippen LogP contribution is 2.59. The molecule has 0 aromatic carbocycles. The first-order valence-electron chi connectivity index (χ1n) is 7.47. The predicted octanol–water partition coefficient (Wildman–Crippen LogP) is 2.20. The van der Waals surface area contributed by atoms with Gasteiger partial charge in [-0.25, -0.2) is 9.59 Å². The fourth-order valence-electron chi connectivity index (χ4n) is 3.66. The first-order valence-corrected chi connectivity index (χ1v) is 7.47. The maximum Gasteiger partial charge on any atom is 0.350 e. The third-order valence-corrected chi connectivity index (χ3v) is 5.12. The van der Waals surface area contributed by atoms with E-state index < -0.39 is 23.8 Å². The van der Waals surface area contributed by atoms with Gasteiger partial charge in [-0.3, -0.25) is 0 Å². The third-order valence-electron chi connectivity index (χ3n) is 5.12. The lowest BCUT2D eigenvalue weighted by molar-refractivity contribution is -0.248. The molecular formula is C16H22O5. The molecule has 2 fully saturated rings. The van der Waals surface area contributed by atoms with Crippen molar-refractivity contribution >= 4 is 11.9 Å². The zero-order valence-electron chi connectivity index (χ0n) is 13.0. The van der Waals surface area contributed by atoms with Gasteiger partial charge in [-0.1, -0.05) is 19.9 Å². The number of cyclic esters (lactones) is 2. The summed E-state index contributed by atoms with van der Waals surface area (Å²) in [5, 5.41) is 0. The minimum absolute atomic E-state index is 0.288. The van der Waals surface area contributed by atoms with Crippen LogP contribution >= 0.6 is 0 Å². The van der Waals surface area contributed by atoms with Gasteiger partial charge in [0.1, 0.15) is 0 Å². The van der Waals surface area contributed by atoms with Crippen molar-refractivity contribution < 1.29 is 23.8 Å². The molecule has 1 saturated carbocycles. The van der Waals surface area contributed by atoms with Gasteiger partial charge in [0.05, 0.1) is 6.61 Å². The Labute approximate surface area is 124 Å². The van der Waals surface area contributed by atoms with Crippen LogP contribution in [0.4, 0.5) is 0 Å². The van der Waals surface area contributed by atoms with E-state index in [1.807, 2.05) is 0 Å². The Kier molecular flexibility index (Phi) is 3.17. The van der Waals surface area contributed by atoms with Crippen molar-refractivity contribution in [3.8, 4) is 0 Å². The molecule has 4 rings (SSSR count). The molecule has 4 aliphatic rings. The topological polar surface area (TPSA) is 61.8 Å². The Hall–Kier alpha value is -1.36. The molecule has 0 spiro atoms. The average Bonchev–Trinajstić information content (AvgIpc) is 2.36. The molecule has 2 unspecified atom stereocenters. The van der Waals surface area contributed by atoms with Gasteiger partial charge in [-0.2, -0.15) is 0 Å². The summed E-state index contributed by atoms with van der Waals surface area (Å²) in [7, 11) is 0. The molecule has 1 heterocycles. The molecule has 0 radical (unpaired) electrons. The van der Waals surface area contributed by atoms with Crippen molar-refractivity contribution in [2.45, 2.75) is 52.4 Å². The number of allylic oxidation sites excluding steroid dienone is 1. The van der Waals surface area contributed by atoms with Crippen LogP contribution in [0.2, 0.25) is 0 Å². The smallest absolute Gasteiger partial charge is 0.350 e. The highest BCUT2D eigenvalue weighted by atomic mass is 16.8. The second-order valence-corrected chi connectivity index (χ2v) is 7.25. The fourth-order valence-corrected chi connectivity index (χ4v) is 3.66. The first kappa shape index (κ1) is 14.6. The lowest BCUT2D eigenvalue weighted by atomic mass is 9.49. The quantitative estimate of drug-likeness (QED) is 0.453. The zero-order valence-corrected chi connectivity index (χ0v) is 13.0. The molecule has 116 valence electrons. The van der Waals surface area contributed by atoms with Crippen molar-refractivity contribution in [3.05, 3.63) is 11.6 Å². The van der Waals surface area contributed by atoms with Gasteiger partial charge < -0.3 is 14.2 Å². The van der Waals surface area contributed by atoms with E-state index in [1.165, 1.54) is 25.8 Å². The van der Waals surface area contributed by atoms with Crippen LogP contribution in [0.25, 0.3) is 0 Å². The van der Waals surface area contributed by atoms with Crippen LogP contribution in [0.5, 0.6) is 0 Å². The molecular weight excluding hydrogens is 272 g/mol. The maximum atomic E-state index is 11.8. The first-order chi connectivity index (χ1) is 9.71. The minimum atomic E-state index is -1.26. The monoisotopic (exact) mass is 294 g/mol. The predicted molar refractivity (Wildman–Crippen MR) is 74.1 cm³/mol. The van der Waals surface area contributed by atoms with E-state index in [0.717, 1.165) is 12.3 Å². The van der Waals surface area contributed by atoms with E-state index in [4.69, 9.17) is 14.2 Å². The number of rotatable bonds is 3. The Bertz CT molecular complexity index is 497. The second kappa shape index (κ2) is 4.57. The van der Waals surface area contributed by atoms with E-state index in [1.54, 1.807) is 0 Å². The number of ether oxygens (including phenoxy) is 3. The summed E-state index contributed by atoms with van der Waals surface area (Å²) in [5.74, 6) is -1.31. The third kappa shape index (κ3) is 2.37. The second-order valence-electron chi connectivity index (χ2n) is 7.25. The number of esters is 2. The summed E-state index contributed by atoms with van der Waals surface area (Å²) in [6.07, 6.45) is 3.15. The molecule has 2 bridgehead atoms. The maximum absolute atomic E-state index is 11.8. The zero-order chi connectivity index (χ0) is 15.4. The largest absolute Gasteiger partial charge is 0.421 e. The van der Waals surface area contributed by atoms with Crippen LogP contribution in [0.3, 0.4) is 0 Å². The van der Waals surface area contributed by atoms with Gasteiger partial charge in [0.15, 0.2) is 0 Å². The average molecular weight is 294 g/mol. The highest BCUT2D eigenvalue weighted by Gasteiger charge is 2.51. The highest BCUT2D eigenvalue weighted by molar-refractivity contribution is 5.99.